The van der Waals surface area contributed by atoms with Gasteiger partial charge in [0, 0.05) is 32.7 Å². The molecule has 0 aromatic carbocycles. The molecule has 8 heteroatoms. The SMILES string of the molecule is CN=C(NCCCN1CCCCCC1)NC1CCN(CC(F)(F)F)C1. The first-order valence-electron chi connectivity index (χ1n) is 9.45. The topological polar surface area (TPSA) is 42.9 Å². The van der Waals surface area contributed by atoms with Gasteiger partial charge in [0.25, 0.3) is 0 Å². The summed E-state index contributed by atoms with van der Waals surface area (Å²) in [6.45, 7) is 4.38. The molecule has 2 heterocycles. The zero-order valence-electron chi connectivity index (χ0n) is 15.2. The van der Waals surface area contributed by atoms with Crippen LogP contribution in [0.3, 0.4) is 0 Å². The predicted molar refractivity (Wildman–Crippen MR) is 94.9 cm³/mol. The van der Waals surface area contributed by atoms with Crippen molar-refractivity contribution in [1.29, 1.82) is 0 Å². The van der Waals surface area contributed by atoms with E-state index >= 15 is 0 Å². The Labute approximate surface area is 149 Å². The molecule has 1 unspecified atom stereocenters. The lowest BCUT2D eigenvalue weighted by molar-refractivity contribution is -0.143. The Kier molecular flexibility index (Phi) is 8.29. The van der Waals surface area contributed by atoms with Gasteiger partial charge in [0.1, 0.15) is 0 Å². The fourth-order valence-electron chi connectivity index (χ4n) is 3.60. The zero-order valence-corrected chi connectivity index (χ0v) is 15.2. The molecule has 2 N–H and O–H groups in total. The quantitative estimate of drug-likeness (QED) is 0.431. The van der Waals surface area contributed by atoms with E-state index in [9.17, 15) is 13.2 Å². The van der Waals surface area contributed by atoms with Crippen LogP contribution in [0.25, 0.3) is 0 Å². The molecule has 2 rings (SSSR count). The third-order valence-electron chi connectivity index (χ3n) is 4.88. The van der Waals surface area contributed by atoms with Gasteiger partial charge < -0.3 is 15.5 Å². The van der Waals surface area contributed by atoms with E-state index in [2.05, 4.69) is 20.5 Å². The molecule has 146 valence electrons. The van der Waals surface area contributed by atoms with Crippen molar-refractivity contribution in [3.05, 3.63) is 0 Å². The number of likely N-dealkylation sites (tertiary alicyclic amines) is 2. The van der Waals surface area contributed by atoms with Gasteiger partial charge in [-0.1, -0.05) is 12.8 Å². The average molecular weight is 363 g/mol. The van der Waals surface area contributed by atoms with Crippen LogP contribution in [0.5, 0.6) is 0 Å². The Balaban J connectivity index is 1.61. The van der Waals surface area contributed by atoms with Gasteiger partial charge in [-0.2, -0.15) is 13.2 Å². The summed E-state index contributed by atoms with van der Waals surface area (Å²) >= 11 is 0. The number of alkyl halides is 3. The third-order valence-corrected chi connectivity index (χ3v) is 4.88. The van der Waals surface area contributed by atoms with Crippen LogP contribution in [0.15, 0.2) is 4.99 Å². The van der Waals surface area contributed by atoms with Crippen LogP contribution in [0.1, 0.15) is 38.5 Å². The van der Waals surface area contributed by atoms with E-state index in [1.165, 1.54) is 43.7 Å². The fraction of sp³-hybridized carbons (Fsp3) is 0.941. The van der Waals surface area contributed by atoms with E-state index in [1.807, 2.05) is 0 Å². The van der Waals surface area contributed by atoms with E-state index in [0.717, 1.165) is 19.5 Å². The lowest BCUT2D eigenvalue weighted by Gasteiger charge is -2.21. The number of aliphatic imine (C=N–C) groups is 1. The molecule has 0 radical (unpaired) electrons. The minimum Gasteiger partial charge on any atom is -0.356 e. The van der Waals surface area contributed by atoms with E-state index in [-0.39, 0.29) is 6.04 Å². The Morgan fingerprint density at radius 1 is 1.08 bits per heavy atom. The summed E-state index contributed by atoms with van der Waals surface area (Å²) in [6, 6.07) is 0.0270. The maximum absolute atomic E-state index is 12.4. The first-order valence-corrected chi connectivity index (χ1v) is 9.45. The second-order valence-corrected chi connectivity index (χ2v) is 7.09. The number of guanidine groups is 1. The highest BCUT2D eigenvalue weighted by molar-refractivity contribution is 5.79. The molecule has 0 saturated carbocycles. The van der Waals surface area contributed by atoms with Crippen molar-refractivity contribution in [2.24, 2.45) is 4.99 Å². The molecule has 0 aromatic heterocycles. The molecule has 25 heavy (non-hydrogen) atoms. The molecule has 2 fully saturated rings. The molecular weight excluding hydrogens is 331 g/mol. The van der Waals surface area contributed by atoms with Gasteiger partial charge in [0.2, 0.25) is 0 Å². The van der Waals surface area contributed by atoms with Crippen LogP contribution in [0.4, 0.5) is 13.2 Å². The summed E-state index contributed by atoms with van der Waals surface area (Å²) in [4.78, 5) is 8.16. The van der Waals surface area contributed by atoms with E-state index in [1.54, 1.807) is 7.05 Å². The largest absolute Gasteiger partial charge is 0.401 e. The number of rotatable bonds is 6. The van der Waals surface area contributed by atoms with Crippen molar-refractivity contribution in [2.45, 2.75) is 50.7 Å². The zero-order chi connectivity index (χ0) is 18.1. The minimum absolute atomic E-state index is 0.0270. The highest BCUT2D eigenvalue weighted by atomic mass is 19.4. The van der Waals surface area contributed by atoms with Crippen LogP contribution in [0.2, 0.25) is 0 Å². The van der Waals surface area contributed by atoms with Crippen LogP contribution in [-0.4, -0.2) is 80.8 Å². The third kappa shape index (κ3) is 8.27. The van der Waals surface area contributed by atoms with Crippen molar-refractivity contribution in [1.82, 2.24) is 20.4 Å². The second kappa shape index (κ2) is 10.2. The van der Waals surface area contributed by atoms with E-state index in [4.69, 9.17) is 0 Å². The Morgan fingerprint density at radius 3 is 2.44 bits per heavy atom. The van der Waals surface area contributed by atoms with Crippen LogP contribution >= 0.6 is 0 Å². The summed E-state index contributed by atoms with van der Waals surface area (Å²) in [5.41, 5.74) is 0. The van der Waals surface area contributed by atoms with Crippen LogP contribution in [-0.2, 0) is 0 Å². The number of hydrogen-bond donors (Lipinski definition) is 2. The molecule has 0 aliphatic carbocycles. The first kappa shape index (κ1) is 20.3. The van der Waals surface area contributed by atoms with Crippen LogP contribution in [0, 0.1) is 0 Å². The maximum Gasteiger partial charge on any atom is 0.401 e. The molecular formula is C17H32F3N5. The van der Waals surface area contributed by atoms with E-state index < -0.39 is 12.7 Å². The number of nitrogens with one attached hydrogen (secondary N) is 2. The second-order valence-electron chi connectivity index (χ2n) is 7.09. The van der Waals surface area contributed by atoms with Gasteiger partial charge in [-0.3, -0.25) is 9.89 Å². The Hall–Kier alpha value is -1.02. The van der Waals surface area contributed by atoms with Gasteiger partial charge in [0.05, 0.1) is 6.54 Å². The lowest BCUT2D eigenvalue weighted by atomic mass is 10.2. The summed E-state index contributed by atoms with van der Waals surface area (Å²) in [5.74, 6) is 0.690. The average Bonchev–Trinajstić information content (AvgIpc) is 2.81. The van der Waals surface area contributed by atoms with Gasteiger partial charge >= 0.3 is 6.18 Å². The summed E-state index contributed by atoms with van der Waals surface area (Å²) in [7, 11) is 1.70. The van der Waals surface area contributed by atoms with Crippen molar-refractivity contribution >= 4 is 5.96 Å². The predicted octanol–water partition coefficient (Wildman–Crippen LogP) is 2.05. The van der Waals surface area contributed by atoms with Gasteiger partial charge in [-0.25, -0.2) is 0 Å². The number of hydrogen-bond acceptors (Lipinski definition) is 3. The molecule has 5 nitrogen and oxygen atoms in total. The van der Waals surface area contributed by atoms with E-state index in [0.29, 0.717) is 25.5 Å². The molecule has 0 amide bonds. The molecule has 0 bridgehead atoms. The minimum atomic E-state index is -4.12. The maximum atomic E-state index is 12.4. The number of halogens is 3. The van der Waals surface area contributed by atoms with Crippen molar-refractivity contribution in [3.8, 4) is 0 Å². The molecule has 2 aliphatic heterocycles. The lowest BCUT2D eigenvalue weighted by Crippen LogP contribution is -2.45. The fourth-order valence-corrected chi connectivity index (χ4v) is 3.60. The molecule has 1 atom stereocenters. The summed E-state index contributed by atoms with van der Waals surface area (Å²) in [5, 5.41) is 6.53. The number of nitrogens with zero attached hydrogens (tertiary/aromatic N) is 3. The van der Waals surface area contributed by atoms with Crippen molar-refractivity contribution in [3.63, 3.8) is 0 Å². The smallest absolute Gasteiger partial charge is 0.356 e. The van der Waals surface area contributed by atoms with Crippen molar-refractivity contribution < 1.29 is 13.2 Å². The summed E-state index contributed by atoms with van der Waals surface area (Å²) in [6.07, 6.45) is 2.92. The Bertz CT molecular complexity index is 406. The highest BCUT2D eigenvalue weighted by Crippen LogP contribution is 2.19. The Morgan fingerprint density at radius 2 is 1.80 bits per heavy atom. The van der Waals surface area contributed by atoms with Crippen LogP contribution < -0.4 is 10.6 Å². The molecule has 0 aromatic rings. The molecule has 2 saturated heterocycles. The highest BCUT2D eigenvalue weighted by Gasteiger charge is 2.34. The van der Waals surface area contributed by atoms with Gasteiger partial charge in [0.15, 0.2) is 5.96 Å². The first-order chi connectivity index (χ1) is 12.0. The summed E-state index contributed by atoms with van der Waals surface area (Å²) < 4.78 is 37.3. The molecule has 2 aliphatic rings. The van der Waals surface area contributed by atoms with Crippen molar-refractivity contribution in [2.75, 3.05) is 52.9 Å². The molecule has 0 spiro atoms. The standard InChI is InChI=1S/C17H32F3N5/c1-21-16(22-8-6-11-24-9-4-2-3-5-10-24)23-15-7-12-25(13-15)14-17(18,19)20/h15H,2-14H2,1H3,(H2,21,22,23). The van der Waals surface area contributed by atoms with Gasteiger partial charge in [-0.05, 0) is 45.3 Å². The van der Waals surface area contributed by atoms with Gasteiger partial charge in [-0.15, -0.1) is 0 Å². The normalized spacial score (nSPS) is 24.3. The monoisotopic (exact) mass is 363 g/mol.